The highest BCUT2D eigenvalue weighted by atomic mass is 19.1. The molecule has 0 radical (unpaired) electrons. The molecule has 0 aromatic rings. The van der Waals surface area contributed by atoms with Gasteiger partial charge < -0.3 is 10.6 Å². The van der Waals surface area contributed by atoms with Crippen molar-refractivity contribution in [2.24, 2.45) is 0 Å². The van der Waals surface area contributed by atoms with Gasteiger partial charge in [0, 0.05) is 6.20 Å². The van der Waals surface area contributed by atoms with Crippen molar-refractivity contribution in [1.82, 2.24) is 10.6 Å². The standard InChI is InChI=1S/C5H5FN2O.C2H6/c1-3-4(6)2-7-5(9)8-3;1-2/h2H,1H2,(H2,7,8,9);1-2H3. The highest BCUT2D eigenvalue weighted by Gasteiger charge is 2.10. The number of urea groups is 1. The van der Waals surface area contributed by atoms with E-state index in [2.05, 4.69) is 17.2 Å². The summed E-state index contributed by atoms with van der Waals surface area (Å²) < 4.78 is 12.2. The van der Waals surface area contributed by atoms with Crippen molar-refractivity contribution < 1.29 is 9.18 Å². The molecule has 1 aliphatic rings. The Balaban J connectivity index is 0.000000461. The number of hydrogen-bond donors (Lipinski definition) is 2. The van der Waals surface area contributed by atoms with Gasteiger partial charge in [0.05, 0.1) is 5.70 Å². The molecule has 0 saturated carbocycles. The second kappa shape index (κ2) is 4.49. The molecule has 0 saturated heterocycles. The van der Waals surface area contributed by atoms with Crippen molar-refractivity contribution >= 4 is 6.03 Å². The third-order valence-electron chi connectivity index (χ3n) is 0.883. The number of rotatable bonds is 0. The fourth-order valence-electron chi connectivity index (χ4n) is 0.449. The lowest BCUT2D eigenvalue weighted by Gasteiger charge is -2.10. The summed E-state index contributed by atoms with van der Waals surface area (Å²) in [6.45, 7) is 7.23. The zero-order valence-corrected chi connectivity index (χ0v) is 6.57. The molecule has 3 nitrogen and oxygen atoms in total. The summed E-state index contributed by atoms with van der Waals surface area (Å²) in [6, 6.07) is -0.457. The molecule has 11 heavy (non-hydrogen) atoms. The van der Waals surface area contributed by atoms with E-state index in [1.807, 2.05) is 13.8 Å². The van der Waals surface area contributed by atoms with E-state index in [1.54, 1.807) is 0 Å². The summed E-state index contributed by atoms with van der Waals surface area (Å²) in [7, 11) is 0. The number of carbonyl (C=O) groups excluding carboxylic acids is 1. The van der Waals surface area contributed by atoms with Gasteiger partial charge in [-0.05, 0) is 0 Å². The molecule has 1 heterocycles. The molecule has 2 amide bonds. The van der Waals surface area contributed by atoms with E-state index in [1.165, 1.54) is 0 Å². The summed E-state index contributed by atoms with van der Waals surface area (Å²) in [5.74, 6) is -0.547. The molecule has 1 aliphatic heterocycles. The number of halogens is 1. The maximum Gasteiger partial charge on any atom is 0.323 e. The lowest BCUT2D eigenvalue weighted by Crippen LogP contribution is -2.35. The first-order chi connectivity index (χ1) is 5.20. The van der Waals surface area contributed by atoms with Crippen molar-refractivity contribution in [3.8, 4) is 0 Å². The van der Waals surface area contributed by atoms with Crippen molar-refractivity contribution in [3.05, 3.63) is 24.3 Å². The molecular formula is C7H11FN2O. The van der Waals surface area contributed by atoms with Gasteiger partial charge in [0.15, 0.2) is 5.83 Å². The predicted octanol–water partition coefficient (Wildman–Crippen LogP) is 1.65. The Morgan fingerprint density at radius 1 is 1.55 bits per heavy atom. The number of amides is 2. The average Bonchev–Trinajstić information content (AvgIpc) is 2.02. The van der Waals surface area contributed by atoms with Crippen molar-refractivity contribution in [2.45, 2.75) is 13.8 Å². The van der Waals surface area contributed by atoms with Gasteiger partial charge in [-0.2, -0.15) is 0 Å². The molecule has 0 spiro atoms. The minimum absolute atomic E-state index is 0.00116. The maximum atomic E-state index is 12.2. The molecule has 0 aromatic carbocycles. The summed E-state index contributed by atoms with van der Waals surface area (Å²) in [4.78, 5) is 10.3. The summed E-state index contributed by atoms with van der Waals surface area (Å²) in [5.41, 5.74) is -0.00116. The van der Waals surface area contributed by atoms with Crippen LogP contribution in [0.4, 0.5) is 9.18 Å². The van der Waals surface area contributed by atoms with Gasteiger partial charge in [0.25, 0.3) is 0 Å². The van der Waals surface area contributed by atoms with E-state index >= 15 is 0 Å². The Morgan fingerprint density at radius 2 is 2.09 bits per heavy atom. The third-order valence-corrected chi connectivity index (χ3v) is 0.883. The van der Waals surface area contributed by atoms with Crippen LogP contribution >= 0.6 is 0 Å². The predicted molar refractivity (Wildman–Crippen MR) is 41.3 cm³/mol. The maximum absolute atomic E-state index is 12.2. The molecule has 1 rings (SSSR count). The van der Waals surface area contributed by atoms with Gasteiger partial charge in [-0.25, -0.2) is 9.18 Å². The molecule has 4 heteroatoms. The van der Waals surface area contributed by atoms with Gasteiger partial charge in [-0.3, -0.25) is 0 Å². The molecule has 0 bridgehead atoms. The third kappa shape index (κ3) is 2.84. The van der Waals surface area contributed by atoms with Gasteiger partial charge in [0.2, 0.25) is 0 Å². The highest BCUT2D eigenvalue weighted by Crippen LogP contribution is 2.06. The first kappa shape index (κ1) is 9.68. The smallest absolute Gasteiger partial charge is 0.311 e. The second-order valence-electron chi connectivity index (χ2n) is 1.57. The van der Waals surface area contributed by atoms with E-state index < -0.39 is 11.9 Å². The number of carbonyl (C=O) groups is 1. The minimum Gasteiger partial charge on any atom is -0.311 e. The van der Waals surface area contributed by atoms with Crippen LogP contribution in [0.3, 0.4) is 0 Å². The van der Waals surface area contributed by atoms with E-state index in [9.17, 15) is 9.18 Å². The molecule has 0 unspecified atom stereocenters. The van der Waals surface area contributed by atoms with E-state index in [0.717, 1.165) is 6.20 Å². The van der Waals surface area contributed by atoms with Crippen molar-refractivity contribution in [3.63, 3.8) is 0 Å². The zero-order chi connectivity index (χ0) is 8.85. The quantitative estimate of drug-likeness (QED) is 0.553. The van der Waals surface area contributed by atoms with Crippen LogP contribution in [0.2, 0.25) is 0 Å². The Morgan fingerprint density at radius 3 is 2.45 bits per heavy atom. The summed E-state index contributed by atoms with van der Waals surface area (Å²) in [5, 5.41) is 4.26. The Kier molecular flexibility index (Phi) is 3.95. The average molecular weight is 158 g/mol. The molecule has 0 aromatic heterocycles. The van der Waals surface area contributed by atoms with Crippen LogP contribution in [0.5, 0.6) is 0 Å². The van der Waals surface area contributed by atoms with Gasteiger partial charge >= 0.3 is 6.03 Å². The van der Waals surface area contributed by atoms with Gasteiger partial charge in [-0.15, -0.1) is 0 Å². The van der Waals surface area contributed by atoms with Gasteiger partial charge in [0.1, 0.15) is 0 Å². The molecule has 0 atom stereocenters. The van der Waals surface area contributed by atoms with Crippen LogP contribution in [-0.2, 0) is 0 Å². The summed E-state index contributed by atoms with van der Waals surface area (Å²) in [6.07, 6.45) is 0.959. The highest BCUT2D eigenvalue weighted by molar-refractivity contribution is 5.79. The van der Waals surface area contributed by atoms with E-state index in [0.29, 0.717) is 0 Å². The first-order valence-corrected chi connectivity index (χ1v) is 3.32. The largest absolute Gasteiger partial charge is 0.323 e. The monoisotopic (exact) mass is 158 g/mol. The van der Waals surface area contributed by atoms with Gasteiger partial charge in [-0.1, -0.05) is 20.4 Å². The van der Waals surface area contributed by atoms with Crippen LogP contribution in [0.15, 0.2) is 24.3 Å². The minimum atomic E-state index is -0.547. The number of allylic oxidation sites excluding steroid dienone is 1. The van der Waals surface area contributed by atoms with Crippen molar-refractivity contribution in [1.29, 1.82) is 0 Å². The molecule has 2 N–H and O–H groups in total. The first-order valence-electron chi connectivity index (χ1n) is 3.32. The van der Waals surface area contributed by atoms with Crippen LogP contribution < -0.4 is 10.6 Å². The topological polar surface area (TPSA) is 41.1 Å². The lowest BCUT2D eigenvalue weighted by atomic mass is 10.4. The summed E-state index contributed by atoms with van der Waals surface area (Å²) >= 11 is 0. The van der Waals surface area contributed by atoms with Crippen LogP contribution in [-0.4, -0.2) is 6.03 Å². The Bertz CT molecular complexity index is 199. The van der Waals surface area contributed by atoms with E-state index in [-0.39, 0.29) is 5.70 Å². The zero-order valence-electron chi connectivity index (χ0n) is 6.57. The molecule has 0 aliphatic carbocycles. The van der Waals surface area contributed by atoms with Crippen LogP contribution in [0, 0.1) is 0 Å². The molecule has 0 fully saturated rings. The van der Waals surface area contributed by atoms with Crippen LogP contribution in [0.25, 0.3) is 0 Å². The molecule has 62 valence electrons. The fraction of sp³-hybridized carbons (Fsp3) is 0.286. The normalized spacial score (nSPS) is 15.4. The molecular weight excluding hydrogens is 147 g/mol. The SMILES string of the molecule is C=C1NC(=O)NC=C1F.CC. The Labute approximate surface area is 65.0 Å². The van der Waals surface area contributed by atoms with E-state index in [4.69, 9.17) is 0 Å². The lowest BCUT2D eigenvalue weighted by molar-refractivity contribution is 0.245. The van der Waals surface area contributed by atoms with Crippen molar-refractivity contribution in [2.75, 3.05) is 0 Å². The second-order valence-corrected chi connectivity index (χ2v) is 1.57. The number of hydrogen-bond acceptors (Lipinski definition) is 1. The Hall–Kier alpha value is -1.32. The van der Waals surface area contributed by atoms with Crippen LogP contribution in [0.1, 0.15) is 13.8 Å². The number of nitrogens with one attached hydrogen (secondary N) is 2. The fourth-order valence-corrected chi connectivity index (χ4v) is 0.449.